The van der Waals surface area contributed by atoms with Crippen LogP contribution in [0.4, 0.5) is 0 Å². The summed E-state index contributed by atoms with van der Waals surface area (Å²) in [6.07, 6.45) is 0.892. The van der Waals surface area contributed by atoms with Crippen LogP contribution in [0.2, 0.25) is 0 Å². The van der Waals surface area contributed by atoms with E-state index in [9.17, 15) is 0 Å². The average molecular weight is 350 g/mol. The van der Waals surface area contributed by atoms with E-state index in [1.807, 2.05) is 34.9 Å². The molecule has 0 aliphatic heterocycles. The number of benzene rings is 1. The van der Waals surface area contributed by atoms with Crippen molar-refractivity contribution < 1.29 is 4.42 Å². The lowest BCUT2D eigenvalue weighted by Gasteiger charge is -2.05. The molecule has 0 fully saturated rings. The summed E-state index contributed by atoms with van der Waals surface area (Å²) < 4.78 is 8.77. The van der Waals surface area contributed by atoms with Gasteiger partial charge >= 0.3 is 0 Å². The minimum absolute atomic E-state index is 0.600. The number of aromatic amines is 1. The van der Waals surface area contributed by atoms with E-state index in [0.29, 0.717) is 15.2 Å². The molecule has 2 aromatic heterocycles. The van der Waals surface area contributed by atoms with Crippen molar-refractivity contribution in [2.45, 2.75) is 13.0 Å². The van der Waals surface area contributed by atoms with Crippen LogP contribution >= 0.6 is 28.1 Å². The van der Waals surface area contributed by atoms with Crippen molar-refractivity contribution in [3.63, 3.8) is 0 Å². The van der Waals surface area contributed by atoms with E-state index in [1.165, 1.54) is 5.56 Å². The Labute approximate surface area is 129 Å². The summed E-state index contributed by atoms with van der Waals surface area (Å²) in [5, 5.41) is 7.06. The Bertz CT molecular complexity index is 760. The Hall–Kier alpha value is -1.66. The van der Waals surface area contributed by atoms with Gasteiger partial charge in [-0.3, -0.25) is 9.67 Å². The van der Waals surface area contributed by atoms with Crippen molar-refractivity contribution in [1.29, 1.82) is 0 Å². The van der Waals surface area contributed by atoms with Crippen LogP contribution in [0.3, 0.4) is 0 Å². The van der Waals surface area contributed by atoms with E-state index in [-0.39, 0.29) is 0 Å². The second-order valence-electron chi connectivity index (χ2n) is 4.34. The minimum atomic E-state index is 0.600. The zero-order valence-electron chi connectivity index (χ0n) is 10.5. The first-order chi connectivity index (χ1) is 9.74. The summed E-state index contributed by atoms with van der Waals surface area (Å²) in [4.78, 5) is 0. The molecule has 0 amide bonds. The lowest BCUT2D eigenvalue weighted by molar-refractivity contribution is 0.543. The molecule has 1 aromatic carbocycles. The smallest absolute Gasteiger partial charge is 0.198 e. The van der Waals surface area contributed by atoms with Crippen LogP contribution in [0.1, 0.15) is 5.56 Å². The van der Waals surface area contributed by atoms with Crippen molar-refractivity contribution >= 4 is 28.1 Å². The molecule has 0 spiro atoms. The summed E-state index contributed by atoms with van der Waals surface area (Å²) in [6.45, 7) is 0.757. The van der Waals surface area contributed by atoms with Crippen LogP contribution in [-0.4, -0.2) is 14.8 Å². The molecule has 0 aliphatic carbocycles. The molecule has 20 heavy (non-hydrogen) atoms. The van der Waals surface area contributed by atoms with E-state index in [2.05, 4.69) is 38.3 Å². The van der Waals surface area contributed by atoms with Gasteiger partial charge in [0.15, 0.2) is 21.0 Å². The number of halogens is 1. The fraction of sp³-hybridized carbons (Fsp3) is 0.143. The minimum Gasteiger partial charge on any atom is -0.446 e. The number of nitrogens with one attached hydrogen (secondary N) is 1. The topological polar surface area (TPSA) is 46.8 Å². The lowest BCUT2D eigenvalue weighted by Crippen LogP contribution is -2.03. The molecule has 0 saturated heterocycles. The molecule has 0 aliphatic rings. The number of furan rings is 1. The lowest BCUT2D eigenvalue weighted by atomic mass is 10.1. The highest BCUT2D eigenvalue weighted by atomic mass is 79.9. The Morgan fingerprint density at radius 2 is 2.00 bits per heavy atom. The number of aryl methyl sites for hydroxylation is 1. The fourth-order valence-electron chi connectivity index (χ4n) is 2.03. The van der Waals surface area contributed by atoms with E-state index >= 15 is 0 Å². The largest absolute Gasteiger partial charge is 0.446 e. The van der Waals surface area contributed by atoms with Crippen LogP contribution in [-0.2, 0) is 13.0 Å². The maximum absolute atomic E-state index is 5.54. The van der Waals surface area contributed by atoms with E-state index in [0.717, 1.165) is 18.8 Å². The SMILES string of the molecule is S=c1[nH]nc(-c2ccc(Br)o2)n1CCc1ccccc1. The van der Waals surface area contributed by atoms with Crippen LogP contribution in [0.25, 0.3) is 11.6 Å². The molecular weight excluding hydrogens is 338 g/mol. The molecular formula is C14H12BrN3OS. The van der Waals surface area contributed by atoms with Crippen molar-refractivity contribution in [3.05, 3.63) is 57.5 Å². The summed E-state index contributed by atoms with van der Waals surface area (Å²) in [7, 11) is 0. The Balaban J connectivity index is 1.86. The molecule has 0 unspecified atom stereocenters. The van der Waals surface area contributed by atoms with Gasteiger partial charge in [0.05, 0.1) is 0 Å². The van der Waals surface area contributed by atoms with Gasteiger partial charge in [0, 0.05) is 6.54 Å². The summed E-state index contributed by atoms with van der Waals surface area (Å²) in [5.74, 6) is 1.41. The second kappa shape index (κ2) is 5.76. The normalized spacial score (nSPS) is 10.8. The predicted octanol–water partition coefficient (Wildman–Crippen LogP) is 4.21. The number of rotatable bonds is 4. The molecule has 0 radical (unpaired) electrons. The summed E-state index contributed by atoms with van der Waals surface area (Å²) >= 11 is 8.58. The van der Waals surface area contributed by atoms with Gasteiger partial charge in [-0.15, -0.1) is 0 Å². The fourth-order valence-corrected chi connectivity index (χ4v) is 2.56. The molecule has 3 rings (SSSR count). The van der Waals surface area contributed by atoms with Gasteiger partial charge in [-0.2, -0.15) is 5.10 Å². The zero-order chi connectivity index (χ0) is 13.9. The maximum Gasteiger partial charge on any atom is 0.198 e. The van der Waals surface area contributed by atoms with Crippen molar-refractivity contribution in [3.8, 4) is 11.6 Å². The molecule has 1 N–H and O–H groups in total. The third kappa shape index (κ3) is 2.76. The monoisotopic (exact) mass is 349 g/mol. The first-order valence-electron chi connectivity index (χ1n) is 6.19. The number of aromatic nitrogens is 3. The molecule has 102 valence electrons. The van der Waals surface area contributed by atoms with E-state index < -0.39 is 0 Å². The highest BCUT2D eigenvalue weighted by Crippen LogP contribution is 2.23. The molecule has 0 atom stereocenters. The first-order valence-corrected chi connectivity index (χ1v) is 7.39. The van der Waals surface area contributed by atoms with Gasteiger partial charge in [0.2, 0.25) is 0 Å². The van der Waals surface area contributed by atoms with Gasteiger partial charge < -0.3 is 4.42 Å². The maximum atomic E-state index is 5.54. The molecule has 0 saturated carbocycles. The number of hydrogen-bond acceptors (Lipinski definition) is 3. The van der Waals surface area contributed by atoms with Crippen LogP contribution in [0.15, 0.2) is 51.6 Å². The van der Waals surface area contributed by atoms with Crippen molar-refractivity contribution in [2.75, 3.05) is 0 Å². The summed E-state index contributed by atoms with van der Waals surface area (Å²) in [5.41, 5.74) is 1.27. The summed E-state index contributed by atoms with van der Waals surface area (Å²) in [6, 6.07) is 14.0. The zero-order valence-corrected chi connectivity index (χ0v) is 12.9. The van der Waals surface area contributed by atoms with E-state index in [4.69, 9.17) is 16.6 Å². The quantitative estimate of drug-likeness (QED) is 0.717. The Kier molecular flexibility index (Phi) is 3.84. The van der Waals surface area contributed by atoms with Crippen LogP contribution in [0.5, 0.6) is 0 Å². The Morgan fingerprint density at radius 3 is 2.70 bits per heavy atom. The highest BCUT2D eigenvalue weighted by Gasteiger charge is 2.12. The van der Waals surface area contributed by atoms with Gasteiger partial charge in [0.25, 0.3) is 0 Å². The van der Waals surface area contributed by atoms with Crippen molar-refractivity contribution in [2.24, 2.45) is 0 Å². The van der Waals surface area contributed by atoms with Crippen LogP contribution in [0, 0.1) is 4.77 Å². The van der Waals surface area contributed by atoms with Crippen molar-refractivity contribution in [1.82, 2.24) is 14.8 Å². The first kappa shape index (κ1) is 13.3. The average Bonchev–Trinajstić information content (AvgIpc) is 3.04. The second-order valence-corrected chi connectivity index (χ2v) is 5.51. The highest BCUT2D eigenvalue weighted by molar-refractivity contribution is 9.10. The van der Waals surface area contributed by atoms with Gasteiger partial charge in [0.1, 0.15) is 0 Å². The molecule has 2 heterocycles. The molecule has 0 bridgehead atoms. The van der Waals surface area contributed by atoms with Gasteiger partial charge in [-0.1, -0.05) is 30.3 Å². The number of H-pyrrole nitrogens is 1. The third-order valence-electron chi connectivity index (χ3n) is 3.02. The van der Waals surface area contributed by atoms with Gasteiger partial charge in [-0.25, -0.2) is 0 Å². The third-order valence-corrected chi connectivity index (χ3v) is 3.76. The molecule has 4 nitrogen and oxygen atoms in total. The molecule has 6 heteroatoms. The van der Waals surface area contributed by atoms with Gasteiger partial charge in [-0.05, 0) is 52.3 Å². The number of hydrogen-bond donors (Lipinski definition) is 1. The van der Waals surface area contributed by atoms with E-state index in [1.54, 1.807) is 0 Å². The predicted molar refractivity (Wildman–Crippen MR) is 83.0 cm³/mol. The van der Waals surface area contributed by atoms with Crippen LogP contribution < -0.4 is 0 Å². The number of nitrogens with zero attached hydrogens (tertiary/aromatic N) is 2. The standard InChI is InChI=1S/C14H12BrN3OS/c15-12-7-6-11(19-12)13-16-17-14(20)18(13)9-8-10-4-2-1-3-5-10/h1-7H,8-9H2,(H,17,20). The Morgan fingerprint density at radius 1 is 1.20 bits per heavy atom. The molecule has 3 aromatic rings.